The van der Waals surface area contributed by atoms with E-state index in [4.69, 9.17) is 0 Å². The van der Waals surface area contributed by atoms with Crippen molar-refractivity contribution in [3.8, 4) is 0 Å². The van der Waals surface area contributed by atoms with Crippen molar-refractivity contribution in [2.24, 2.45) is 14.4 Å². The Morgan fingerprint density at radius 1 is 0.769 bits per heavy atom. The van der Waals surface area contributed by atoms with Crippen molar-refractivity contribution in [2.45, 2.75) is 78.6 Å². The third-order valence-corrected chi connectivity index (χ3v) is 5.36. The van der Waals surface area contributed by atoms with E-state index in [1.54, 1.807) is 0 Å². The predicted octanol–water partition coefficient (Wildman–Crippen LogP) is -0.889. The van der Waals surface area contributed by atoms with Crippen molar-refractivity contribution in [2.75, 3.05) is 3.93 Å². The van der Waals surface area contributed by atoms with Gasteiger partial charge in [-0.15, -0.1) is 0 Å². The first-order chi connectivity index (χ1) is 10.3. The molecule has 142 valence electrons. The summed E-state index contributed by atoms with van der Waals surface area (Å²) in [5.41, 5.74) is 5.44. The average molecular weight is 517 g/mol. The van der Waals surface area contributed by atoms with Crippen molar-refractivity contribution in [3.63, 3.8) is 0 Å². The minimum atomic E-state index is -0.392. The first-order valence-corrected chi connectivity index (χ1v) is 9.81. The Morgan fingerprint density at radius 3 is 1.46 bits per heavy atom. The molecule has 0 aromatic heterocycles. The molecule has 0 atom stereocenters. The van der Waals surface area contributed by atoms with Crippen LogP contribution in [-0.4, -0.2) is 35.6 Å². The standard InChI is InChI=1S/C18H29AsN4.2ClH.Ga/c1-16(2,3)12-10-13(17(4,5)6)15(23-19-20-21-22-23)14(11-12)18(7,8)9;;;/h10-11H,1-9H3;2*1H;/q;;;+3/p-2. The zero-order valence-electron chi connectivity index (χ0n) is 17.2. The van der Waals surface area contributed by atoms with Gasteiger partial charge in [0.15, 0.2) is 0 Å². The molecule has 1 aliphatic heterocycles. The maximum absolute atomic E-state index is 4.28. The Hall–Kier alpha value is 0.195. The van der Waals surface area contributed by atoms with Crippen LogP contribution in [-0.2, 0) is 16.2 Å². The molecule has 1 aliphatic rings. The molecule has 0 fully saturated rings. The zero-order chi connectivity index (χ0) is 17.6. The van der Waals surface area contributed by atoms with E-state index in [0.717, 1.165) is 0 Å². The summed E-state index contributed by atoms with van der Waals surface area (Å²) < 4.78 is 6.17. The van der Waals surface area contributed by atoms with E-state index < -0.39 is 15.8 Å². The minimum Gasteiger partial charge on any atom is -1.00 e. The Kier molecular flexibility index (Phi) is 10.5. The number of rotatable bonds is 1. The number of hydrogen-bond acceptors (Lipinski definition) is 4. The fourth-order valence-corrected chi connectivity index (χ4v) is 3.74. The van der Waals surface area contributed by atoms with Crippen LogP contribution in [0.5, 0.6) is 0 Å². The summed E-state index contributed by atoms with van der Waals surface area (Å²) in [6, 6.07) is 4.72. The fraction of sp³-hybridized carbons (Fsp3) is 0.667. The largest absolute Gasteiger partial charge is 3.00 e. The maximum Gasteiger partial charge on any atom is 3.00 e. The van der Waals surface area contributed by atoms with Crippen LogP contribution in [0.2, 0.25) is 0 Å². The second kappa shape index (κ2) is 9.60. The molecule has 0 amide bonds. The molecule has 0 unspecified atom stereocenters. The first-order valence-electron chi connectivity index (χ1n) is 8.13. The van der Waals surface area contributed by atoms with Crippen molar-refractivity contribution in [1.82, 2.24) is 0 Å². The molecule has 1 aromatic rings. The van der Waals surface area contributed by atoms with Gasteiger partial charge in [0.1, 0.15) is 0 Å². The van der Waals surface area contributed by atoms with E-state index in [1.165, 1.54) is 22.4 Å². The second-order valence-corrected chi connectivity index (χ2v) is 10.9. The van der Waals surface area contributed by atoms with Crippen LogP contribution in [0, 0.1) is 0 Å². The summed E-state index contributed by atoms with van der Waals surface area (Å²) in [4.78, 5) is 0. The van der Waals surface area contributed by atoms with Crippen LogP contribution >= 0.6 is 0 Å². The second-order valence-electron chi connectivity index (χ2n) is 9.32. The molecule has 8 heteroatoms. The summed E-state index contributed by atoms with van der Waals surface area (Å²) in [5, 5.41) is 8.16. The van der Waals surface area contributed by atoms with Gasteiger partial charge in [0, 0.05) is 0 Å². The van der Waals surface area contributed by atoms with Gasteiger partial charge in [-0.2, -0.15) is 0 Å². The van der Waals surface area contributed by atoms with Gasteiger partial charge < -0.3 is 24.8 Å². The van der Waals surface area contributed by atoms with Crippen molar-refractivity contribution < 1.29 is 24.8 Å². The van der Waals surface area contributed by atoms with Gasteiger partial charge in [0.05, 0.1) is 0 Å². The quantitative estimate of drug-likeness (QED) is 0.447. The monoisotopic (exact) mass is 515 g/mol. The third-order valence-electron chi connectivity index (χ3n) is 4.08. The van der Waals surface area contributed by atoms with Crippen LogP contribution in [0.1, 0.15) is 79.0 Å². The molecule has 0 spiro atoms. The molecule has 1 aromatic carbocycles. The van der Waals surface area contributed by atoms with E-state index in [-0.39, 0.29) is 60.8 Å². The molecule has 0 N–H and O–H groups in total. The Labute approximate surface area is 190 Å². The van der Waals surface area contributed by atoms with Gasteiger partial charge in [-0.1, -0.05) is 0 Å². The van der Waals surface area contributed by atoms with E-state index in [1.807, 2.05) is 3.93 Å². The van der Waals surface area contributed by atoms with Crippen molar-refractivity contribution >= 4 is 41.3 Å². The molecular weight excluding hydrogens is 488 g/mol. The van der Waals surface area contributed by atoms with Crippen LogP contribution in [0.25, 0.3) is 0 Å². The van der Waals surface area contributed by atoms with Crippen LogP contribution in [0.3, 0.4) is 0 Å². The smallest absolute Gasteiger partial charge is 1.00 e. The number of benzene rings is 1. The van der Waals surface area contributed by atoms with Gasteiger partial charge in [0.25, 0.3) is 0 Å². The summed E-state index contributed by atoms with van der Waals surface area (Å²) in [6.07, 6.45) is 0. The molecule has 1 heterocycles. The SMILES string of the molecule is CC(C)(C)c1cc(C(C)(C)C)c(N2N=NN=[As]2)c(C(C)(C)C)c1.[Cl-].[Cl-].[Ga+3]. The fourth-order valence-electron chi connectivity index (χ4n) is 2.65. The van der Waals surface area contributed by atoms with Crippen LogP contribution < -0.4 is 28.7 Å². The third kappa shape index (κ3) is 6.37. The zero-order valence-corrected chi connectivity index (χ0v) is 23.0. The topological polar surface area (TPSA) is 40.3 Å². The molecule has 0 aliphatic carbocycles. The molecule has 26 heavy (non-hydrogen) atoms. The van der Waals surface area contributed by atoms with Crippen LogP contribution in [0.4, 0.5) is 5.69 Å². The van der Waals surface area contributed by atoms with E-state index >= 15 is 0 Å². The number of anilines is 1. The Balaban J connectivity index is 0. The molecule has 0 radical (unpaired) electrons. The van der Waals surface area contributed by atoms with Gasteiger partial charge in [-0.25, -0.2) is 0 Å². The molecule has 4 nitrogen and oxygen atoms in total. The summed E-state index contributed by atoms with van der Waals surface area (Å²) in [7, 11) is 0. The number of hydrogen-bond donors (Lipinski definition) is 0. The van der Waals surface area contributed by atoms with Crippen LogP contribution in [0.15, 0.2) is 26.5 Å². The van der Waals surface area contributed by atoms with Gasteiger partial charge in [0.2, 0.25) is 0 Å². The maximum atomic E-state index is 4.28. The van der Waals surface area contributed by atoms with Gasteiger partial charge in [-0.3, -0.25) is 0 Å². The van der Waals surface area contributed by atoms with Gasteiger partial charge >= 0.3 is 167 Å². The Bertz CT molecular complexity index is 624. The molecule has 0 saturated heterocycles. The summed E-state index contributed by atoms with van der Waals surface area (Å²) in [6.45, 7) is 20.4. The minimum absolute atomic E-state index is 0. The first kappa shape index (κ1) is 28.4. The van der Waals surface area contributed by atoms with E-state index in [2.05, 4.69) is 88.9 Å². The van der Waals surface area contributed by atoms with Crippen molar-refractivity contribution in [1.29, 1.82) is 0 Å². The molecule has 0 bridgehead atoms. The normalized spacial score (nSPS) is 14.4. The molecular formula is C18H29AsCl2GaN4+. The van der Waals surface area contributed by atoms with Gasteiger partial charge in [-0.05, 0) is 0 Å². The van der Waals surface area contributed by atoms with Crippen molar-refractivity contribution in [3.05, 3.63) is 28.8 Å². The number of nitrogens with zero attached hydrogens (tertiary/aromatic N) is 4. The predicted molar refractivity (Wildman–Crippen MR) is 104 cm³/mol. The molecule has 2 rings (SSSR count). The summed E-state index contributed by atoms with van der Waals surface area (Å²) >= 11 is -0.392. The van der Waals surface area contributed by atoms with E-state index in [0.29, 0.717) is 0 Å². The number of halogens is 2. The summed E-state index contributed by atoms with van der Waals surface area (Å²) in [5.74, 6) is 0. The molecule has 0 saturated carbocycles. The average Bonchev–Trinajstić information content (AvgIpc) is 2.87. The van der Waals surface area contributed by atoms with E-state index in [9.17, 15) is 0 Å². The Morgan fingerprint density at radius 2 is 1.19 bits per heavy atom.